The van der Waals surface area contributed by atoms with E-state index in [0.29, 0.717) is 13.2 Å². The van der Waals surface area contributed by atoms with Gasteiger partial charge in [-0.15, -0.1) is 0 Å². The summed E-state index contributed by atoms with van der Waals surface area (Å²) in [5.41, 5.74) is -0.396. The SMILES string of the molecule is CCCCCCCC/C=C\CCCCCCCCC1=NC(CC)(OCC)CO1. The van der Waals surface area contributed by atoms with Crippen LogP contribution in [0.25, 0.3) is 0 Å². The second-order valence-electron chi connectivity index (χ2n) is 8.21. The first-order valence-electron chi connectivity index (χ1n) is 12.3. The highest BCUT2D eigenvalue weighted by atomic mass is 16.6. The van der Waals surface area contributed by atoms with Gasteiger partial charge in [-0.2, -0.15) is 0 Å². The monoisotopic (exact) mass is 393 g/mol. The molecule has 3 heteroatoms. The van der Waals surface area contributed by atoms with Crippen molar-refractivity contribution >= 4 is 5.90 Å². The summed E-state index contributed by atoms with van der Waals surface area (Å²) in [6.07, 6.45) is 25.4. The Morgan fingerprint density at radius 2 is 1.39 bits per heavy atom. The first-order chi connectivity index (χ1) is 13.8. The van der Waals surface area contributed by atoms with Gasteiger partial charge in [-0.25, -0.2) is 4.99 Å². The van der Waals surface area contributed by atoms with Gasteiger partial charge in [0.1, 0.15) is 6.61 Å². The lowest BCUT2D eigenvalue weighted by molar-refractivity contribution is -0.0498. The van der Waals surface area contributed by atoms with Crippen molar-refractivity contribution in [2.45, 2.75) is 129 Å². The zero-order valence-electron chi connectivity index (χ0n) is 19.1. The number of nitrogens with zero attached hydrogens (tertiary/aromatic N) is 1. The molecule has 0 saturated carbocycles. The second kappa shape index (κ2) is 17.1. The molecule has 1 aliphatic rings. The summed E-state index contributed by atoms with van der Waals surface area (Å²) in [5.74, 6) is 0.908. The zero-order chi connectivity index (χ0) is 20.3. The Balaban J connectivity index is 1.88. The van der Waals surface area contributed by atoms with Gasteiger partial charge in [-0.05, 0) is 45.4 Å². The highest BCUT2D eigenvalue weighted by Crippen LogP contribution is 2.26. The molecule has 0 fully saturated rings. The Bertz CT molecular complexity index is 419. The Hall–Kier alpha value is -0.830. The molecule has 1 unspecified atom stereocenters. The summed E-state index contributed by atoms with van der Waals surface area (Å²) in [5, 5.41) is 0. The lowest BCUT2D eigenvalue weighted by Gasteiger charge is -2.21. The standard InChI is InChI=1S/C25H47NO2/c1-4-7-8-9-10-11-12-13-14-15-16-17-18-19-20-21-22-24-26-25(5-2,23-27-24)28-6-3/h13-14H,4-12,15-23H2,1-3H3/b14-13-. The second-order valence-corrected chi connectivity index (χ2v) is 8.21. The number of rotatable bonds is 19. The molecule has 28 heavy (non-hydrogen) atoms. The van der Waals surface area contributed by atoms with Gasteiger partial charge >= 0.3 is 0 Å². The third-order valence-corrected chi connectivity index (χ3v) is 5.66. The Morgan fingerprint density at radius 3 is 1.96 bits per heavy atom. The molecule has 1 aliphatic heterocycles. The molecule has 0 amide bonds. The summed E-state index contributed by atoms with van der Waals surface area (Å²) in [6.45, 7) is 7.72. The average molecular weight is 394 g/mol. The van der Waals surface area contributed by atoms with E-state index in [9.17, 15) is 0 Å². The van der Waals surface area contributed by atoms with Crippen LogP contribution in [0.3, 0.4) is 0 Å². The lowest BCUT2D eigenvalue weighted by atomic mass is 10.1. The Kier molecular flexibility index (Phi) is 15.4. The molecule has 1 atom stereocenters. The molecule has 1 heterocycles. The predicted molar refractivity (Wildman–Crippen MR) is 122 cm³/mol. The van der Waals surface area contributed by atoms with E-state index in [-0.39, 0.29) is 0 Å². The van der Waals surface area contributed by atoms with E-state index in [1.165, 1.54) is 89.9 Å². The van der Waals surface area contributed by atoms with Crippen molar-refractivity contribution in [2.24, 2.45) is 4.99 Å². The molecular weight excluding hydrogens is 346 g/mol. The van der Waals surface area contributed by atoms with E-state index in [1.54, 1.807) is 0 Å². The minimum absolute atomic E-state index is 0.396. The molecule has 1 rings (SSSR count). The minimum atomic E-state index is -0.396. The van der Waals surface area contributed by atoms with E-state index in [1.807, 2.05) is 6.92 Å². The first-order valence-corrected chi connectivity index (χ1v) is 12.3. The van der Waals surface area contributed by atoms with Gasteiger partial charge < -0.3 is 9.47 Å². The van der Waals surface area contributed by atoms with Crippen LogP contribution < -0.4 is 0 Å². The Labute approximate surface area is 175 Å². The van der Waals surface area contributed by atoms with Crippen LogP contribution in [0.2, 0.25) is 0 Å². The van der Waals surface area contributed by atoms with Gasteiger partial charge in [0, 0.05) is 13.0 Å². The van der Waals surface area contributed by atoms with Gasteiger partial charge in [0.05, 0.1) is 0 Å². The number of hydrogen-bond acceptors (Lipinski definition) is 3. The van der Waals surface area contributed by atoms with Gasteiger partial charge in [-0.3, -0.25) is 0 Å². The zero-order valence-corrected chi connectivity index (χ0v) is 19.1. The molecule has 0 saturated heterocycles. The number of unbranched alkanes of at least 4 members (excludes halogenated alkanes) is 12. The molecule has 0 aromatic carbocycles. The van der Waals surface area contributed by atoms with Gasteiger partial charge in [0.25, 0.3) is 0 Å². The maximum absolute atomic E-state index is 5.78. The molecule has 0 aliphatic carbocycles. The van der Waals surface area contributed by atoms with Crippen LogP contribution in [0.15, 0.2) is 17.1 Å². The molecule has 0 bridgehead atoms. The van der Waals surface area contributed by atoms with Crippen molar-refractivity contribution in [3.63, 3.8) is 0 Å². The lowest BCUT2D eigenvalue weighted by Crippen LogP contribution is -2.31. The van der Waals surface area contributed by atoms with Gasteiger partial charge in [-0.1, -0.05) is 83.8 Å². The van der Waals surface area contributed by atoms with Crippen molar-refractivity contribution in [1.82, 2.24) is 0 Å². The summed E-state index contributed by atoms with van der Waals surface area (Å²) in [7, 11) is 0. The van der Waals surface area contributed by atoms with E-state index < -0.39 is 5.72 Å². The number of aliphatic imine (C=N–C) groups is 1. The molecular formula is C25H47NO2. The van der Waals surface area contributed by atoms with Gasteiger partial charge in [0.15, 0.2) is 11.6 Å². The highest BCUT2D eigenvalue weighted by molar-refractivity contribution is 5.78. The smallest absolute Gasteiger partial charge is 0.196 e. The van der Waals surface area contributed by atoms with Crippen LogP contribution in [-0.2, 0) is 9.47 Å². The summed E-state index contributed by atoms with van der Waals surface area (Å²) in [6, 6.07) is 0. The highest BCUT2D eigenvalue weighted by Gasteiger charge is 2.35. The maximum atomic E-state index is 5.78. The topological polar surface area (TPSA) is 30.8 Å². The number of ether oxygens (including phenoxy) is 2. The van der Waals surface area contributed by atoms with E-state index in [4.69, 9.17) is 14.5 Å². The first kappa shape index (κ1) is 25.2. The Morgan fingerprint density at radius 1 is 0.821 bits per heavy atom. The van der Waals surface area contributed by atoms with Crippen LogP contribution >= 0.6 is 0 Å². The number of allylic oxidation sites excluding steroid dienone is 2. The fourth-order valence-corrected chi connectivity index (χ4v) is 3.77. The van der Waals surface area contributed by atoms with E-state index in [0.717, 1.165) is 18.7 Å². The molecule has 164 valence electrons. The normalized spacial score (nSPS) is 19.3. The van der Waals surface area contributed by atoms with Crippen molar-refractivity contribution in [1.29, 1.82) is 0 Å². The van der Waals surface area contributed by atoms with E-state index >= 15 is 0 Å². The molecule has 0 radical (unpaired) electrons. The van der Waals surface area contributed by atoms with Crippen molar-refractivity contribution in [2.75, 3.05) is 13.2 Å². The minimum Gasteiger partial charge on any atom is -0.476 e. The summed E-state index contributed by atoms with van der Waals surface area (Å²) in [4.78, 5) is 4.70. The fourth-order valence-electron chi connectivity index (χ4n) is 3.77. The van der Waals surface area contributed by atoms with Crippen LogP contribution in [0.1, 0.15) is 124 Å². The fraction of sp³-hybridized carbons (Fsp3) is 0.880. The van der Waals surface area contributed by atoms with Crippen LogP contribution in [0.5, 0.6) is 0 Å². The summed E-state index contributed by atoms with van der Waals surface area (Å²) < 4.78 is 11.5. The number of hydrogen-bond donors (Lipinski definition) is 0. The molecule has 0 aromatic rings. The summed E-state index contributed by atoms with van der Waals surface area (Å²) >= 11 is 0. The van der Waals surface area contributed by atoms with Crippen molar-refractivity contribution < 1.29 is 9.47 Å². The van der Waals surface area contributed by atoms with Crippen LogP contribution in [0.4, 0.5) is 0 Å². The third-order valence-electron chi connectivity index (χ3n) is 5.66. The van der Waals surface area contributed by atoms with Gasteiger partial charge in [0.2, 0.25) is 0 Å². The molecule has 3 nitrogen and oxygen atoms in total. The third kappa shape index (κ3) is 11.9. The predicted octanol–water partition coefficient (Wildman–Crippen LogP) is 7.99. The molecule has 0 spiro atoms. The van der Waals surface area contributed by atoms with Crippen molar-refractivity contribution in [3.05, 3.63) is 12.2 Å². The average Bonchev–Trinajstić information content (AvgIpc) is 3.11. The van der Waals surface area contributed by atoms with Crippen LogP contribution in [0, 0.1) is 0 Å². The molecule has 0 N–H and O–H groups in total. The van der Waals surface area contributed by atoms with Crippen LogP contribution in [-0.4, -0.2) is 24.8 Å². The van der Waals surface area contributed by atoms with Crippen molar-refractivity contribution in [3.8, 4) is 0 Å². The quantitative estimate of drug-likeness (QED) is 0.164. The maximum Gasteiger partial charge on any atom is 0.196 e. The largest absolute Gasteiger partial charge is 0.476 e. The van der Waals surface area contributed by atoms with E-state index in [2.05, 4.69) is 26.0 Å². The molecule has 0 aromatic heterocycles.